The van der Waals surface area contributed by atoms with E-state index in [1.807, 2.05) is 6.92 Å². The van der Waals surface area contributed by atoms with Crippen molar-refractivity contribution in [1.29, 1.82) is 0 Å². The average Bonchev–Trinajstić information content (AvgIpc) is 2.28. The number of carbonyl (C=O) groups excluding carboxylic acids is 1. The van der Waals surface area contributed by atoms with Crippen LogP contribution in [0.25, 0.3) is 0 Å². The van der Waals surface area contributed by atoms with E-state index in [0.29, 0.717) is 12.3 Å². The van der Waals surface area contributed by atoms with Gasteiger partial charge in [-0.2, -0.15) is 0 Å². The van der Waals surface area contributed by atoms with Crippen molar-refractivity contribution < 1.29 is 14.7 Å². The summed E-state index contributed by atoms with van der Waals surface area (Å²) in [5.74, 6) is -0.325. The maximum absolute atomic E-state index is 12.0. The smallest absolute Gasteiger partial charge is 0.317 e. The largest absolute Gasteiger partial charge is 0.481 e. The summed E-state index contributed by atoms with van der Waals surface area (Å²) in [5, 5.41) is 11.7. The van der Waals surface area contributed by atoms with Crippen molar-refractivity contribution in [3.63, 3.8) is 0 Å². The fourth-order valence-corrected chi connectivity index (χ4v) is 2.42. The molecule has 104 valence electrons. The molecule has 2 N–H and O–H groups in total. The third kappa shape index (κ3) is 4.94. The molecule has 0 aromatic rings. The van der Waals surface area contributed by atoms with Gasteiger partial charge in [0.15, 0.2) is 0 Å². The Bertz CT molecular complexity index is 294. The molecule has 0 saturated carbocycles. The monoisotopic (exact) mass is 256 g/mol. The van der Waals surface area contributed by atoms with Crippen LogP contribution in [0.5, 0.6) is 0 Å². The highest BCUT2D eigenvalue weighted by atomic mass is 16.4. The second-order valence-electron chi connectivity index (χ2n) is 5.23. The van der Waals surface area contributed by atoms with Crippen LogP contribution in [0.3, 0.4) is 0 Å². The normalized spacial score (nSPS) is 21.4. The molecule has 1 aliphatic rings. The van der Waals surface area contributed by atoms with Gasteiger partial charge >= 0.3 is 12.0 Å². The number of rotatable bonds is 5. The van der Waals surface area contributed by atoms with E-state index < -0.39 is 5.97 Å². The molecule has 1 rings (SSSR count). The second-order valence-corrected chi connectivity index (χ2v) is 5.23. The molecule has 1 heterocycles. The lowest BCUT2D eigenvalue weighted by atomic mass is 10.0. The summed E-state index contributed by atoms with van der Waals surface area (Å²) in [4.78, 5) is 24.6. The first-order valence-electron chi connectivity index (χ1n) is 6.80. The molecule has 0 aliphatic carbocycles. The van der Waals surface area contributed by atoms with Gasteiger partial charge in [-0.25, -0.2) is 4.79 Å². The number of hydrogen-bond acceptors (Lipinski definition) is 2. The van der Waals surface area contributed by atoms with Gasteiger partial charge in [0, 0.05) is 19.1 Å². The van der Waals surface area contributed by atoms with E-state index in [1.165, 1.54) is 0 Å². The van der Waals surface area contributed by atoms with E-state index in [2.05, 4.69) is 12.2 Å². The highest BCUT2D eigenvalue weighted by molar-refractivity contribution is 5.76. The summed E-state index contributed by atoms with van der Waals surface area (Å²) in [5.41, 5.74) is 0. The molecule has 0 bridgehead atoms. The van der Waals surface area contributed by atoms with Gasteiger partial charge in [0.1, 0.15) is 0 Å². The van der Waals surface area contributed by atoms with Gasteiger partial charge in [0.25, 0.3) is 0 Å². The second kappa shape index (κ2) is 7.24. The van der Waals surface area contributed by atoms with E-state index in [1.54, 1.807) is 4.90 Å². The van der Waals surface area contributed by atoms with Crippen LogP contribution in [0.1, 0.15) is 46.0 Å². The lowest BCUT2D eigenvalue weighted by molar-refractivity contribution is -0.137. The van der Waals surface area contributed by atoms with E-state index in [-0.39, 0.29) is 18.5 Å². The number of carboxylic acid groups (broad SMARTS) is 1. The number of hydrogen-bond donors (Lipinski definition) is 2. The molecule has 2 unspecified atom stereocenters. The van der Waals surface area contributed by atoms with E-state index >= 15 is 0 Å². The highest BCUT2D eigenvalue weighted by Gasteiger charge is 2.23. The van der Waals surface area contributed by atoms with Gasteiger partial charge in [-0.05, 0) is 25.2 Å². The molecule has 18 heavy (non-hydrogen) atoms. The van der Waals surface area contributed by atoms with Gasteiger partial charge in [0.05, 0.1) is 6.42 Å². The lowest BCUT2D eigenvalue weighted by Gasteiger charge is -2.32. The summed E-state index contributed by atoms with van der Waals surface area (Å²) in [6.45, 7) is 5.68. The van der Waals surface area contributed by atoms with Crippen molar-refractivity contribution >= 4 is 12.0 Å². The van der Waals surface area contributed by atoms with Crippen molar-refractivity contribution in [2.45, 2.75) is 52.0 Å². The molecule has 5 nitrogen and oxygen atoms in total. The first kappa shape index (κ1) is 14.8. The number of carbonyl (C=O) groups is 2. The quantitative estimate of drug-likeness (QED) is 0.791. The Labute approximate surface area is 109 Å². The first-order valence-corrected chi connectivity index (χ1v) is 6.80. The lowest BCUT2D eigenvalue weighted by Crippen LogP contribution is -2.48. The predicted molar refractivity (Wildman–Crippen MR) is 69.5 cm³/mol. The predicted octanol–water partition coefficient (Wildman–Crippen LogP) is 2.07. The Morgan fingerprint density at radius 3 is 2.78 bits per heavy atom. The number of nitrogens with zero attached hydrogens (tertiary/aromatic N) is 1. The summed E-state index contributed by atoms with van der Waals surface area (Å²) in [6, 6.07) is -0.363. The zero-order valence-corrected chi connectivity index (χ0v) is 11.3. The van der Waals surface area contributed by atoms with E-state index in [0.717, 1.165) is 32.4 Å². The number of urea groups is 1. The Kier molecular flexibility index (Phi) is 5.95. The highest BCUT2D eigenvalue weighted by Crippen LogP contribution is 2.15. The number of likely N-dealkylation sites (tertiary alicyclic amines) is 1. The third-order valence-corrected chi connectivity index (χ3v) is 3.33. The molecule has 2 atom stereocenters. The van der Waals surface area contributed by atoms with E-state index in [9.17, 15) is 9.59 Å². The van der Waals surface area contributed by atoms with Gasteiger partial charge in [-0.15, -0.1) is 0 Å². The standard InChI is InChI=1S/C13H24N2O3/c1-3-5-11(8-12(16)17)14-13(18)15-7-4-6-10(2)9-15/h10-11H,3-9H2,1-2H3,(H,14,18)(H,16,17). The summed E-state index contributed by atoms with van der Waals surface area (Å²) < 4.78 is 0. The molecule has 5 heteroatoms. The SMILES string of the molecule is CCCC(CC(=O)O)NC(=O)N1CCCC(C)C1. The minimum atomic E-state index is -0.860. The summed E-state index contributed by atoms with van der Waals surface area (Å²) >= 11 is 0. The molecule has 1 fully saturated rings. The molecule has 1 saturated heterocycles. The Morgan fingerprint density at radius 1 is 1.50 bits per heavy atom. The van der Waals surface area contributed by atoms with Crippen LogP contribution in [-0.4, -0.2) is 41.1 Å². The van der Waals surface area contributed by atoms with Crippen molar-refractivity contribution in [2.75, 3.05) is 13.1 Å². The van der Waals surface area contributed by atoms with Crippen LogP contribution in [0.4, 0.5) is 4.79 Å². The van der Waals surface area contributed by atoms with Crippen LogP contribution in [0, 0.1) is 5.92 Å². The van der Waals surface area contributed by atoms with Crippen LogP contribution < -0.4 is 5.32 Å². The fourth-order valence-electron chi connectivity index (χ4n) is 2.42. The molecule has 0 spiro atoms. The molecular formula is C13H24N2O3. The zero-order chi connectivity index (χ0) is 13.5. The maximum Gasteiger partial charge on any atom is 0.317 e. The van der Waals surface area contributed by atoms with Crippen LogP contribution in [0.15, 0.2) is 0 Å². The Hall–Kier alpha value is -1.26. The maximum atomic E-state index is 12.0. The third-order valence-electron chi connectivity index (χ3n) is 3.33. The summed E-state index contributed by atoms with van der Waals surface area (Å²) in [6.07, 6.45) is 3.78. The molecule has 0 radical (unpaired) electrons. The number of piperidine rings is 1. The number of nitrogens with one attached hydrogen (secondary N) is 1. The molecule has 0 aromatic heterocycles. The van der Waals surface area contributed by atoms with Crippen LogP contribution in [-0.2, 0) is 4.79 Å². The molecule has 1 aliphatic heterocycles. The van der Waals surface area contributed by atoms with Crippen molar-refractivity contribution in [2.24, 2.45) is 5.92 Å². The van der Waals surface area contributed by atoms with Crippen LogP contribution >= 0.6 is 0 Å². The Morgan fingerprint density at radius 2 is 2.22 bits per heavy atom. The zero-order valence-electron chi connectivity index (χ0n) is 11.3. The molecular weight excluding hydrogens is 232 g/mol. The molecule has 0 aromatic carbocycles. The Balaban J connectivity index is 2.46. The summed E-state index contributed by atoms with van der Waals surface area (Å²) in [7, 11) is 0. The van der Waals surface area contributed by atoms with E-state index in [4.69, 9.17) is 5.11 Å². The van der Waals surface area contributed by atoms with Gasteiger partial charge in [-0.1, -0.05) is 20.3 Å². The van der Waals surface area contributed by atoms with Crippen molar-refractivity contribution in [3.05, 3.63) is 0 Å². The minimum Gasteiger partial charge on any atom is -0.481 e. The van der Waals surface area contributed by atoms with Gasteiger partial charge in [0.2, 0.25) is 0 Å². The average molecular weight is 256 g/mol. The first-order chi connectivity index (χ1) is 8.52. The molecule has 2 amide bonds. The number of aliphatic carboxylic acids is 1. The minimum absolute atomic E-state index is 0.00295. The van der Waals surface area contributed by atoms with Crippen molar-refractivity contribution in [3.8, 4) is 0 Å². The number of amides is 2. The van der Waals surface area contributed by atoms with Gasteiger partial charge < -0.3 is 15.3 Å². The van der Waals surface area contributed by atoms with Gasteiger partial charge in [-0.3, -0.25) is 4.79 Å². The van der Waals surface area contributed by atoms with Crippen molar-refractivity contribution in [1.82, 2.24) is 10.2 Å². The number of carboxylic acids is 1. The fraction of sp³-hybridized carbons (Fsp3) is 0.846. The van der Waals surface area contributed by atoms with Crippen LogP contribution in [0.2, 0.25) is 0 Å². The topological polar surface area (TPSA) is 69.6 Å².